The second kappa shape index (κ2) is 11.7. The molecule has 4 unspecified atom stereocenters. The van der Waals surface area contributed by atoms with Crippen molar-refractivity contribution in [3.05, 3.63) is 172 Å². The third-order valence-corrected chi connectivity index (χ3v) is 8.49. The molecule has 0 radical (unpaired) electrons. The molecule has 0 aromatic heterocycles. The van der Waals surface area contributed by atoms with Gasteiger partial charge in [-0.25, -0.2) is 0 Å². The average molecular weight is 511 g/mol. The first-order chi connectivity index (χ1) is 18.9. The first kappa shape index (κ1) is 26.5. The van der Waals surface area contributed by atoms with Gasteiger partial charge in [-0.15, -0.1) is 0 Å². The number of benzene rings is 5. The molecule has 5 aromatic rings. The number of hydrogen-bond acceptors (Lipinski definition) is 1. The van der Waals surface area contributed by atoms with Crippen LogP contribution in [0.25, 0.3) is 0 Å². The van der Waals surface area contributed by atoms with Gasteiger partial charge in [-0.05, 0) is 45.0 Å². The first-order valence-electron chi connectivity index (χ1n) is 14.0. The number of phenols is 1. The molecule has 0 aliphatic rings. The third kappa shape index (κ3) is 5.83. The molecule has 0 spiro atoms. The summed E-state index contributed by atoms with van der Waals surface area (Å²) in [4.78, 5) is 0. The lowest BCUT2D eigenvalue weighted by molar-refractivity contribution is 0.465. The van der Waals surface area contributed by atoms with E-state index >= 15 is 0 Å². The predicted octanol–water partition coefficient (Wildman–Crippen LogP) is 10.00. The molecule has 0 bridgehead atoms. The summed E-state index contributed by atoms with van der Waals surface area (Å²) >= 11 is 0. The minimum atomic E-state index is 0.0901. The van der Waals surface area contributed by atoms with Crippen molar-refractivity contribution in [3.63, 3.8) is 0 Å². The summed E-state index contributed by atoms with van der Waals surface area (Å²) in [7, 11) is 0. The minimum Gasteiger partial charge on any atom is -0.508 e. The molecular weight excluding hydrogens is 472 g/mol. The smallest absolute Gasteiger partial charge is 0.119 e. The molecule has 5 aromatic carbocycles. The Morgan fingerprint density at radius 3 is 1.08 bits per heavy atom. The highest BCUT2D eigenvalue weighted by atomic mass is 16.3. The lowest BCUT2D eigenvalue weighted by atomic mass is 9.85. The van der Waals surface area contributed by atoms with Crippen LogP contribution in [0.4, 0.5) is 0 Å². The number of phenolic OH excluding ortho intramolecular Hbond substituents is 1. The van der Waals surface area contributed by atoms with Gasteiger partial charge in [0.2, 0.25) is 0 Å². The SMILES string of the molecule is CC(c1ccccc1)c1ccc(C(C)c2ccc(O)c(C(C)c3ccc(C(C)c4ccccc4)cc3)c2)cc1. The second-order valence-electron chi connectivity index (χ2n) is 10.9. The van der Waals surface area contributed by atoms with Gasteiger partial charge in [0.25, 0.3) is 0 Å². The van der Waals surface area contributed by atoms with Crippen LogP contribution in [0, 0.1) is 0 Å². The molecular formula is C38H38O. The van der Waals surface area contributed by atoms with Crippen molar-refractivity contribution in [1.82, 2.24) is 0 Å². The van der Waals surface area contributed by atoms with E-state index in [1.54, 1.807) is 0 Å². The van der Waals surface area contributed by atoms with Crippen LogP contribution in [0.2, 0.25) is 0 Å². The standard InChI is InChI=1S/C38H38O/c1-26(30-11-7-5-8-12-30)32-15-17-34(18-16-32)28(3)36-23-24-38(39)37(25-36)29(4)35-21-19-33(20-22-35)27(2)31-13-9-6-10-14-31/h5-29,39H,1-4H3. The molecule has 0 saturated heterocycles. The maximum Gasteiger partial charge on any atom is 0.119 e. The molecule has 196 valence electrons. The van der Waals surface area contributed by atoms with Crippen molar-refractivity contribution in [3.8, 4) is 5.75 Å². The van der Waals surface area contributed by atoms with Gasteiger partial charge in [-0.3, -0.25) is 0 Å². The van der Waals surface area contributed by atoms with E-state index in [0.717, 1.165) is 5.56 Å². The van der Waals surface area contributed by atoms with Crippen LogP contribution in [0.15, 0.2) is 127 Å². The Morgan fingerprint density at radius 1 is 0.359 bits per heavy atom. The molecule has 0 aliphatic heterocycles. The van der Waals surface area contributed by atoms with E-state index in [1.807, 2.05) is 6.07 Å². The fraction of sp³-hybridized carbons (Fsp3) is 0.211. The number of aromatic hydroxyl groups is 1. The molecule has 0 aliphatic carbocycles. The third-order valence-electron chi connectivity index (χ3n) is 8.49. The van der Waals surface area contributed by atoms with E-state index in [4.69, 9.17) is 0 Å². The zero-order chi connectivity index (χ0) is 27.4. The van der Waals surface area contributed by atoms with Crippen LogP contribution >= 0.6 is 0 Å². The Kier molecular flexibility index (Phi) is 7.98. The second-order valence-corrected chi connectivity index (χ2v) is 10.9. The number of hydrogen-bond donors (Lipinski definition) is 1. The highest BCUT2D eigenvalue weighted by Crippen LogP contribution is 2.36. The summed E-state index contributed by atoms with van der Waals surface area (Å²) < 4.78 is 0. The van der Waals surface area contributed by atoms with Crippen molar-refractivity contribution in [2.45, 2.75) is 51.4 Å². The van der Waals surface area contributed by atoms with Crippen molar-refractivity contribution >= 4 is 0 Å². The number of rotatable bonds is 8. The van der Waals surface area contributed by atoms with Gasteiger partial charge in [-0.2, -0.15) is 0 Å². The monoisotopic (exact) mass is 510 g/mol. The Bertz CT molecular complexity index is 1490. The fourth-order valence-corrected chi connectivity index (χ4v) is 5.58. The van der Waals surface area contributed by atoms with E-state index in [9.17, 15) is 5.11 Å². The first-order valence-corrected chi connectivity index (χ1v) is 14.0. The molecule has 1 nitrogen and oxygen atoms in total. The summed E-state index contributed by atoms with van der Waals surface area (Å²) in [6.45, 7) is 8.94. The molecule has 1 heteroatoms. The topological polar surface area (TPSA) is 20.2 Å². The van der Waals surface area contributed by atoms with E-state index in [0.29, 0.717) is 17.6 Å². The molecule has 0 amide bonds. The van der Waals surface area contributed by atoms with Gasteiger partial charge in [0.1, 0.15) is 5.75 Å². The van der Waals surface area contributed by atoms with Crippen molar-refractivity contribution in [2.75, 3.05) is 0 Å². The Balaban J connectivity index is 1.34. The van der Waals surface area contributed by atoms with Gasteiger partial charge >= 0.3 is 0 Å². The van der Waals surface area contributed by atoms with Crippen LogP contribution in [-0.2, 0) is 0 Å². The molecule has 5 rings (SSSR count). The quantitative estimate of drug-likeness (QED) is 0.220. The Labute approximate surface area is 233 Å². The van der Waals surface area contributed by atoms with Crippen molar-refractivity contribution in [1.29, 1.82) is 0 Å². The van der Waals surface area contributed by atoms with Crippen LogP contribution < -0.4 is 0 Å². The normalized spacial score (nSPS) is 14.4. The molecule has 4 atom stereocenters. The summed E-state index contributed by atoms with van der Waals surface area (Å²) in [5, 5.41) is 10.8. The van der Waals surface area contributed by atoms with Gasteiger partial charge in [0, 0.05) is 29.2 Å². The van der Waals surface area contributed by atoms with Crippen LogP contribution in [0.5, 0.6) is 5.75 Å². The van der Waals surface area contributed by atoms with E-state index in [2.05, 4.69) is 149 Å². The summed E-state index contributed by atoms with van der Waals surface area (Å²) in [6.07, 6.45) is 0. The maximum absolute atomic E-state index is 10.8. The lowest BCUT2D eigenvalue weighted by Gasteiger charge is -2.20. The van der Waals surface area contributed by atoms with Crippen LogP contribution in [-0.4, -0.2) is 5.11 Å². The van der Waals surface area contributed by atoms with Gasteiger partial charge < -0.3 is 5.11 Å². The summed E-state index contributed by atoms with van der Waals surface area (Å²) in [5.74, 6) is 1.38. The zero-order valence-electron chi connectivity index (χ0n) is 23.4. The van der Waals surface area contributed by atoms with Crippen molar-refractivity contribution in [2.24, 2.45) is 0 Å². The van der Waals surface area contributed by atoms with Crippen molar-refractivity contribution < 1.29 is 5.11 Å². The zero-order valence-corrected chi connectivity index (χ0v) is 23.4. The van der Waals surface area contributed by atoms with Crippen LogP contribution in [0.3, 0.4) is 0 Å². The summed E-state index contributed by atoms with van der Waals surface area (Å²) in [5.41, 5.74) is 9.94. The molecule has 0 fully saturated rings. The summed E-state index contributed by atoms with van der Waals surface area (Å²) in [6, 6.07) is 45.3. The van der Waals surface area contributed by atoms with Crippen LogP contribution in [0.1, 0.15) is 95.9 Å². The van der Waals surface area contributed by atoms with Gasteiger partial charge in [0.05, 0.1) is 0 Å². The van der Waals surface area contributed by atoms with E-state index in [1.165, 1.54) is 38.9 Å². The van der Waals surface area contributed by atoms with E-state index in [-0.39, 0.29) is 11.8 Å². The maximum atomic E-state index is 10.8. The molecule has 0 saturated carbocycles. The molecule has 39 heavy (non-hydrogen) atoms. The fourth-order valence-electron chi connectivity index (χ4n) is 5.58. The molecule has 1 N–H and O–H groups in total. The lowest BCUT2D eigenvalue weighted by Crippen LogP contribution is -2.03. The Hall–Kier alpha value is -4.10. The largest absolute Gasteiger partial charge is 0.508 e. The Morgan fingerprint density at radius 2 is 0.667 bits per heavy atom. The van der Waals surface area contributed by atoms with E-state index < -0.39 is 0 Å². The molecule has 0 heterocycles. The highest BCUT2D eigenvalue weighted by molar-refractivity contribution is 5.47. The van der Waals surface area contributed by atoms with Gasteiger partial charge in [0.15, 0.2) is 0 Å². The minimum absolute atomic E-state index is 0.0901. The average Bonchev–Trinajstić information content (AvgIpc) is 3.01. The highest BCUT2D eigenvalue weighted by Gasteiger charge is 2.18. The van der Waals surface area contributed by atoms with Gasteiger partial charge in [-0.1, -0.05) is 149 Å². The predicted molar refractivity (Wildman–Crippen MR) is 164 cm³/mol.